The average Bonchev–Trinajstić information content (AvgIpc) is 3.81. The number of carbonyl (C=O) groups is 1. The van der Waals surface area contributed by atoms with Crippen molar-refractivity contribution >= 4 is 43.7 Å². The molecule has 1 N–H and O–H groups in total. The van der Waals surface area contributed by atoms with Gasteiger partial charge in [-0.3, -0.25) is 9.10 Å². The summed E-state index contributed by atoms with van der Waals surface area (Å²) in [6, 6.07) is 18.7. The van der Waals surface area contributed by atoms with Crippen LogP contribution < -0.4 is 19.1 Å². The number of furan rings is 1. The van der Waals surface area contributed by atoms with Crippen LogP contribution in [-0.2, 0) is 10.0 Å². The first-order valence-corrected chi connectivity index (χ1v) is 16.7. The molecule has 0 spiro atoms. The zero-order valence-corrected chi connectivity index (χ0v) is 27.4. The van der Waals surface area contributed by atoms with Gasteiger partial charge in [-0.15, -0.1) is 0 Å². The average molecular weight is 658 g/mol. The first kappa shape index (κ1) is 31.6. The number of hydrogen-bond donors (Lipinski definition) is 1. The Hall–Kier alpha value is -5.36. The Balaban J connectivity index is 0.00000190. The van der Waals surface area contributed by atoms with Crippen molar-refractivity contribution in [3.63, 3.8) is 0 Å². The number of rotatable bonds is 6. The highest BCUT2D eigenvalue weighted by Gasteiger charge is 2.29. The van der Waals surface area contributed by atoms with Crippen molar-refractivity contribution in [1.29, 1.82) is 0 Å². The molecule has 4 aromatic carbocycles. The minimum Gasteiger partial charge on any atom is -0.455 e. The smallest absolute Gasteiger partial charge is 0.255 e. The molecule has 0 aliphatic carbocycles. The Morgan fingerprint density at radius 2 is 1.68 bits per heavy atom. The molecule has 2 aromatic heterocycles. The third-order valence-electron chi connectivity index (χ3n) is 7.79. The molecule has 0 saturated heterocycles. The lowest BCUT2D eigenvalue weighted by atomic mass is 9.96. The molecule has 10 nitrogen and oxygen atoms in total. The SMILES string of the molecule is CC.CNC(=O)c1c(-c2ccc(C)cc2)oc2cc(N(C)S(C)(=O)=O)c(-c3cc4c(c(-c5nc6c(F)cccc6o5)c3)OCO4)cc12. The summed E-state index contributed by atoms with van der Waals surface area (Å²) in [4.78, 5) is 17.7. The number of nitrogens with one attached hydrogen (secondary N) is 1. The number of fused-ring (bicyclic) bond motifs is 3. The number of sulfonamides is 1. The third-order valence-corrected chi connectivity index (χ3v) is 8.99. The maximum Gasteiger partial charge on any atom is 0.255 e. The Morgan fingerprint density at radius 3 is 2.36 bits per heavy atom. The summed E-state index contributed by atoms with van der Waals surface area (Å²) in [7, 11) is -0.789. The van der Waals surface area contributed by atoms with Gasteiger partial charge in [-0.1, -0.05) is 49.7 Å². The minimum atomic E-state index is -3.75. The van der Waals surface area contributed by atoms with Crippen LogP contribution >= 0.6 is 0 Å². The van der Waals surface area contributed by atoms with Crippen molar-refractivity contribution < 1.29 is 35.9 Å². The summed E-state index contributed by atoms with van der Waals surface area (Å²) in [5.74, 6) is 0.224. The number of para-hydroxylation sites is 1. The van der Waals surface area contributed by atoms with E-state index in [1.54, 1.807) is 30.3 Å². The van der Waals surface area contributed by atoms with Crippen molar-refractivity contribution in [2.75, 3.05) is 31.4 Å². The van der Waals surface area contributed by atoms with Gasteiger partial charge in [0.15, 0.2) is 22.9 Å². The van der Waals surface area contributed by atoms with E-state index in [1.165, 1.54) is 26.2 Å². The van der Waals surface area contributed by atoms with Crippen LogP contribution in [0.4, 0.5) is 10.1 Å². The maximum atomic E-state index is 14.5. The van der Waals surface area contributed by atoms with E-state index in [-0.39, 0.29) is 35.4 Å². The summed E-state index contributed by atoms with van der Waals surface area (Å²) in [6.45, 7) is 5.89. The standard InChI is InChI=1S/C33H26FN3O7S.C2H6/c1-17-8-10-18(11-9-17)30-28(32(38)35-2)21-14-20(24(15-26(21)43-30)37(3)45(4,39)40)19-12-22(31-27(13-19)41-16-42-31)33-36-29-23(34)6-5-7-25(29)44-33;1-2/h5-15H,16H2,1-4H3,(H,35,38);1-2H3. The molecule has 0 unspecified atom stereocenters. The number of amides is 1. The van der Waals surface area contributed by atoms with Gasteiger partial charge < -0.3 is 23.6 Å². The third kappa shape index (κ3) is 5.54. The molecule has 1 amide bonds. The highest BCUT2D eigenvalue weighted by atomic mass is 32.2. The van der Waals surface area contributed by atoms with E-state index in [4.69, 9.17) is 18.3 Å². The van der Waals surface area contributed by atoms with Crippen LogP contribution in [0.3, 0.4) is 0 Å². The summed E-state index contributed by atoms with van der Waals surface area (Å²) in [6.07, 6.45) is 1.09. The molecule has 47 heavy (non-hydrogen) atoms. The number of aromatic nitrogens is 1. The molecule has 0 saturated carbocycles. The Kier molecular flexibility index (Phi) is 8.14. The van der Waals surface area contributed by atoms with Gasteiger partial charge in [-0.25, -0.2) is 17.8 Å². The lowest BCUT2D eigenvalue weighted by Gasteiger charge is -2.21. The van der Waals surface area contributed by atoms with Crippen molar-refractivity contribution in [2.24, 2.45) is 0 Å². The van der Waals surface area contributed by atoms with Gasteiger partial charge in [0.05, 0.1) is 23.1 Å². The predicted octanol–water partition coefficient (Wildman–Crippen LogP) is 7.53. The van der Waals surface area contributed by atoms with Gasteiger partial charge in [0.1, 0.15) is 16.9 Å². The zero-order valence-electron chi connectivity index (χ0n) is 26.6. The monoisotopic (exact) mass is 657 g/mol. The van der Waals surface area contributed by atoms with Crippen LogP contribution in [0, 0.1) is 12.7 Å². The largest absolute Gasteiger partial charge is 0.455 e. The first-order valence-electron chi connectivity index (χ1n) is 14.9. The molecule has 0 bridgehead atoms. The number of anilines is 1. The molecule has 0 fully saturated rings. The first-order chi connectivity index (χ1) is 22.5. The predicted molar refractivity (Wildman–Crippen MR) is 179 cm³/mol. The molecule has 242 valence electrons. The Labute approximate surface area is 270 Å². The maximum absolute atomic E-state index is 14.5. The van der Waals surface area contributed by atoms with Crippen molar-refractivity contribution in [1.82, 2.24) is 10.3 Å². The van der Waals surface area contributed by atoms with Crippen LogP contribution in [0.2, 0.25) is 0 Å². The number of carbonyl (C=O) groups excluding carboxylic acids is 1. The number of ether oxygens (including phenoxy) is 2. The van der Waals surface area contributed by atoms with E-state index in [2.05, 4.69) is 10.3 Å². The van der Waals surface area contributed by atoms with E-state index in [0.29, 0.717) is 56.0 Å². The number of aryl methyl sites for hydroxylation is 1. The fourth-order valence-electron chi connectivity index (χ4n) is 5.42. The number of halogens is 1. The van der Waals surface area contributed by atoms with E-state index in [1.807, 2.05) is 45.0 Å². The molecule has 6 aromatic rings. The van der Waals surface area contributed by atoms with Crippen LogP contribution in [0.15, 0.2) is 75.6 Å². The highest BCUT2D eigenvalue weighted by molar-refractivity contribution is 7.92. The normalized spacial score (nSPS) is 12.2. The molecule has 12 heteroatoms. The highest BCUT2D eigenvalue weighted by Crippen LogP contribution is 2.48. The molecule has 7 rings (SSSR count). The lowest BCUT2D eigenvalue weighted by Crippen LogP contribution is -2.25. The van der Waals surface area contributed by atoms with Crippen LogP contribution in [-0.4, -0.2) is 46.5 Å². The second-order valence-electron chi connectivity index (χ2n) is 10.7. The van der Waals surface area contributed by atoms with E-state index >= 15 is 0 Å². The summed E-state index contributed by atoms with van der Waals surface area (Å²) < 4.78 is 65.1. The van der Waals surface area contributed by atoms with Gasteiger partial charge in [0.2, 0.25) is 22.7 Å². The second kappa shape index (κ2) is 12.1. The van der Waals surface area contributed by atoms with Gasteiger partial charge in [0, 0.05) is 36.7 Å². The fourth-order valence-corrected chi connectivity index (χ4v) is 5.92. The van der Waals surface area contributed by atoms with E-state index in [9.17, 15) is 17.6 Å². The van der Waals surface area contributed by atoms with E-state index < -0.39 is 15.8 Å². The topological polar surface area (TPSA) is 124 Å². The van der Waals surface area contributed by atoms with Crippen molar-refractivity contribution in [3.05, 3.63) is 83.7 Å². The number of oxazole rings is 1. The molecule has 1 aliphatic heterocycles. The molecule has 0 atom stereocenters. The summed E-state index contributed by atoms with van der Waals surface area (Å²) in [5.41, 5.74) is 4.24. The zero-order chi connectivity index (χ0) is 33.6. The van der Waals surface area contributed by atoms with Crippen LogP contribution in [0.25, 0.3) is 56.0 Å². The number of nitrogens with zero attached hydrogens (tertiary/aromatic N) is 2. The lowest BCUT2D eigenvalue weighted by molar-refractivity contribution is 0.0964. The molecule has 3 heterocycles. The van der Waals surface area contributed by atoms with Gasteiger partial charge >= 0.3 is 0 Å². The van der Waals surface area contributed by atoms with Crippen molar-refractivity contribution in [2.45, 2.75) is 20.8 Å². The minimum absolute atomic E-state index is 0.0572. The van der Waals surface area contributed by atoms with Crippen LogP contribution in [0.5, 0.6) is 11.5 Å². The fraction of sp³-hybridized carbons (Fsp3) is 0.200. The quantitative estimate of drug-likeness (QED) is 0.195. The molecule has 0 radical (unpaired) electrons. The summed E-state index contributed by atoms with van der Waals surface area (Å²) >= 11 is 0. The molecular weight excluding hydrogens is 625 g/mol. The summed E-state index contributed by atoms with van der Waals surface area (Å²) in [5, 5.41) is 3.16. The Morgan fingerprint density at radius 1 is 0.936 bits per heavy atom. The second-order valence-corrected chi connectivity index (χ2v) is 12.7. The van der Waals surface area contributed by atoms with Gasteiger partial charge in [-0.05, 0) is 42.8 Å². The molecule has 1 aliphatic rings. The number of benzene rings is 4. The van der Waals surface area contributed by atoms with Crippen molar-refractivity contribution in [3.8, 4) is 45.4 Å². The molecular formula is C35H32FN3O7S. The van der Waals surface area contributed by atoms with Crippen LogP contribution in [0.1, 0.15) is 29.8 Å². The number of hydrogen-bond acceptors (Lipinski definition) is 8. The van der Waals surface area contributed by atoms with Gasteiger partial charge in [-0.2, -0.15) is 0 Å². The van der Waals surface area contributed by atoms with E-state index in [0.717, 1.165) is 16.1 Å². The van der Waals surface area contributed by atoms with Gasteiger partial charge in [0.25, 0.3) is 5.91 Å². The Bertz CT molecular complexity index is 2280.